The molecule has 2 N–H and O–H groups in total. The third-order valence-corrected chi connectivity index (χ3v) is 4.95. The molecule has 0 aromatic heterocycles. The first-order chi connectivity index (χ1) is 13.4. The number of rotatable bonds is 5. The van der Waals surface area contributed by atoms with Crippen LogP contribution < -0.4 is 15.0 Å². The Labute approximate surface area is 165 Å². The zero-order chi connectivity index (χ0) is 20.3. The van der Waals surface area contributed by atoms with Crippen molar-refractivity contribution >= 4 is 11.6 Å². The molecule has 6 heteroatoms. The van der Waals surface area contributed by atoms with Crippen LogP contribution >= 0.6 is 0 Å². The van der Waals surface area contributed by atoms with Gasteiger partial charge in [-0.15, -0.1) is 0 Å². The molecule has 2 aromatic rings. The third kappa shape index (κ3) is 3.80. The lowest BCUT2D eigenvalue weighted by Gasteiger charge is -2.47. The number of aliphatic hydroxyl groups excluding tert-OH is 1. The third-order valence-electron chi connectivity index (χ3n) is 4.95. The highest BCUT2D eigenvalue weighted by atomic mass is 16.5. The molecule has 0 radical (unpaired) electrons. The SMILES string of the molecule is CCNC(=O)CN(c1ccccc1)[C@H]1c2cc(C#N)ccc2OC(C)(C)[C@@H]1O. The Kier molecular flexibility index (Phi) is 5.57. The Balaban J connectivity index is 2.14. The molecule has 3 rings (SSSR count). The molecule has 2 atom stereocenters. The summed E-state index contributed by atoms with van der Waals surface area (Å²) in [5, 5.41) is 23.4. The lowest BCUT2D eigenvalue weighted by molar-refractivity contribution is -0.120. The number of carbonyl (C=O) groups is 1. The Hall–Kier alpha value is -3.04. The van der Waals surface area contributed by atoms with Gasteiger partial charge in [-0.2, -0.15) is 5.26 Å². The molecule has 146 valence electrons. The van der Waals surface area contributed by atoms with Crippen LogP contribution in [0.2, 0.25) is 0 Å². The second kappa shape index (κ2) is 7.91. The van der Waals surface area contributed by atoms with Gasteiger partial charge in [0.2, 0.25) is 5.91 Å². The van der Waals surface area contributed by atoms with Crippen LogP contribution in [-0.4, -0.2) is 35.8 Å². The second-order valence-corrected chi connectivity index (χ2v) is 7.38. The van der Waals surface area contributed by atoms with E-state index in [1.807, 2.05) is 56.0 Å². The maximum atomic E-state index is 12.5. The monoisotopic (exact) mass is 379 g/mol. The largest absolute Gasteiger partial charge is 0.485 e. The van der Waals surface area contributed by atoms with E-state index < -0.39 is 17.7 Å². The number of anilines is 1. The fraction of sp³-hybridized carbons (Fsp3) is 0.364. The fourth-order valence-corrected chi connectivity index (χ4v) is 3.55. The Morgan fingerprint density at radius 2 is 2.00 bits per heavy atom. The zero-order valence-corrected chi connectivity index (χ0v) is 16.3. The number of para-hydroxylation sites is 1. The van der Waals surface area contributed by atoms with Gasteiger partial charge in [-0.1, -0.05) is 18.2 Å². The average Bonchev–Trinajstić information content (AvgIpc) is 2.68. The van der Waals surface area contributed by atoms with E-state index in [0.717, 1.165) is 5.69 Å². The van der Waals surface area contributed by atoms with Gasteiger partial charge in [-0.05, 0) is 51.1 Å². The molecule has 0 spiro atoms. The molecule has 2 aromatic carbocycles. The topological polar surface area (TPSA) is 85.6 Å². The van der Waals surface area contributed by atoms with Gasteiger partial charge < -0.3 is 20.1 Å². The van der Waals surface area contributed by atoms with Crippen molar-refractivity contribution in [2.75, 3.05) is 18.0 Å². The van der Waals surface area contributed by atoms with Crippen LogP contribution in [0, 0.1) is 11.3 Å². The van der Waals surface area contributed by atoms with Crippen molar-refractivity contribution in [2.45, 2.75) is 38.5 Å². The molecule has 0 bridgehead atoms. The van der Waals surface area contributed by atoms with E-state index in [-0.39, 0.29) is 12.5 Å². The lowest BCUT2D eigenvalue weighted by Crippen LogP contribution is -2.55. The van der Waals surface area contributed by atoms with Crippen molar-refractivity contribution in [3.05, 3.63) is 59.7 Å². The van der Waals surface area contributed by atoms with E-state index >= 15 is 0 Å². The molecular weight excluding hydrogens is 354 g/mol. The van der Waals surface area contributed by atoms with Crippen LogP contribution in [0.3, 0.4) is 0 Å². The molecule has 0 saturated carbocycles. The Morgan fingerprint density at radius 3 is 2.64 bits per heavy atom. The summed E-state index contributed by atoms with van der Waals surface area (Å²) >= 11 is 0. The van der Waals surface area contributed by atoms with Crippen LogP contribution in [0.15, 0.2) is 48.5 Å². The van der Waals surface area contributed by atoms with E-state index in [1.54, 1.807) is 18.2 Å². The molecule has 1 aliphatic heterocycles. The van der Waals surface area contributed by atoms with Gasteiger partial charge in [0.05, 0.1) is 24.2 Å². The zero-order valence-electron chi connectivity index (χ0n) is 16.3. The molecule has 1 aliphatic rings. The van der Waals surface area contributed by atoms with Gasteiger partial charge in [0, 0.05) is 17.8 Å². The summed E-state index contributed by atoms with van der Waals surface area (Å²) in [7, 11) is 0. The lowest BCUT2D eigenvalue weighted by atomic mass is 9.84. The number of aliphatic hydroxyl groups is 1. The molecular formula is C22H25N3O3. The summed E-state index contributed by atoms with van der Waals surface area (Å²) in [4.78, 5) is 14.3. The summed E-state index contributed by atoms with van der Waals surface area (Å²) in [5.74, 6) is 0.469. The summed E-state index contributed by atoms with van der Waals surface area (Å²) in [5.41, 5.74) is 1.12. The molecule has 28 heavy (non-hydrogen) atoms. The van der Waals surface area contributed by atoms with E-state index in [9.17, 15) is 15.2 Å². The fourth-order valence-electron chi connectivity index (χ4n) is 3.55. The smallest absolute Gasteiger partial charge is 0.239 e. The van der Waals surface area contributed by atoms with Gasteiger partial charge in [0.1, 0.15) is 17.5 Å². The molecule has 1 amide bonds. The Bertz CT molecular complexity index is 890. The number of hydrogen-bond acceptors (Lipinski definition) is 5. The van der Waals surface area contributed by atoms with Crippen LogP contribution in [0.4, 0.5) is 5.69 Å². The number of nitrogens with one attached hydrogen (secondary N) is 1. The van der Waals surface area contributed by atoms with E-state index in [4.69, 9.17) is 4.74 Å². The van der Waals surface area contributed by atoms with Crippen molar-refractivity contribution in [3.8, 4) is 11.8 Å². The first-order valence-corrected chi connectivity index (χ1v) is 9.37. The number of nitriles is 1. The van der Waals surface area contributed by atoms with Gasteiger partial charge >= 0.3 is 0 Å². The predicted octanol–water partition coefficient (Wildman–Crippen LogP) is 2.77. The second-order valence-electron chi connectivity index (χ2n) is 7.38. The van der Waals surface area contributed by atoms with Crippen LogP contribution in [-0.2, 0) is 4.79 Å². The standard InChI is InChI=1S/C22H25N3O3/c1-4-24-19(26)14-25(16-8-6-5-7-9-16)20-17-12-15(13-23)10-11-18(17)28-22(2,3)21(20)27/h5-12,20-21,27H,4,14H2,1-3H3,(H,24,26)/t20-,21+/m0/s1. The first-order valence-electron chi connectivity index (χ1n) is 9.37. The van der Waals surface area contributed by atoms with Crippen molar-refractivity contribution in [2.24, 2.45) is 0 Å². The van der Waals surface area contributed by atoms with Gasteiger partial charge in [-0.25, -0.2) is 0 Å². The molecule has 0 unspecified atom stereocenters. The summed E-state index contributed by atoms with van der Waals surface area (Å²) in [6.07, 6.45) is -0.913. The molecule has 0 saturated heterocycles. The van der Waals surface area contributed by atoms with E-state index in [2.05, 4.69) is 11.4 Å². The quantitative estimate of drug-likeness (QED) is 0.834. The number of likely N-dealkylation sites (N-methyl/N-ethyl adjacent to an activating group) is 1. The average molecular weight is 379 g/mol. The Morgan fingerprint density at radius 1 is 1.29 bits per heavy atom. The van der Waals surface area contributed by atoms with Crippen molar-refractivity contribution in [3.63, 3.8) is 0 Å². The number of nitrogens with zero attached hydrogens (tertiary/aromatic N) is 2. The first kappa shape index (κ1) is 19.7. The van der Waals surface area contributed by atoms with Crippen LogP contribution in [0.25, 0.3) is 0 Å². The molecule has 1 heterocycles. The highest BCUT2D eigenvalue weighted by Gasteiger charge is 2.46. The minimum absolute atomic E-state index is 0.0753. The summed E-state index contributed by atoms with van der Waals surface area (Å²) in [6.45, 7) is 6.11. The summed E-state index contributed by atoms with van der Waals surface area (Å²) in [6, 6.07) is 16.3. The highest BCUT2D eigenvalue weighted by molar-refractivity contribution is 5.81. The van der Waals surface area contributed by atoms with Crippen molar-refractivity contribution < 1.29 is 14.6 Å². The highest BCUT2D eigenvalue weighted by Crippen LogP contribution is 2.44. The molecule has 6 nitrogen and oxygen atoms in total. The number of amides is 1. The van der Waals surface area contributed by atoms with E-state index in [0.29, 0.717) is 23.4 Å². The van der Waals surface area contributed by atoms with E-state index in [1.165, 1.54) is 0 Å². The number of benzene rings is 2. The minimum Gasteiger partial charge on any atom is -0.485 e. The maximum Gasteiger partial charge on any atom is 0.239 e. The maximum absolute atomic E-state index is 12.5. The molecule has 0 fully saturated rings. The minimum atomic E-state index is -0.913. The number of hydrogen-bond donors (Lipinski definition) is 2. The normalized spacial score (nSPS) is 19.7. The van der Waals surface area contributed by atoms with Gasteiger partial charge in [0.15, 0.2) is 0 Å². The van der Waals surface area contributed by atoms with Gasteiger partial charge in [0.25, 0.3) is 0 Å². The van der Waals surface area contributed by atoms with Crippen LogP contribution in [0.1, 0.15) is 37.9 Å². The van der Waals surface area contributed by atoms with Gasteiger partial charge in [-0.3, -0.25) is 4.79 Å². The predicted molar refractivity (Wildman–Crippen MR) is 107 cm³/mol. The number of ether oxygens (including phenoxy) is 1. The number of fused-ring (bicyclic) bond motifs is 1. The van der Waals surface area contributed by atoms with Crippen LogP contribution in [0.5, 0.6) is 5.75 Å². The van der Waals surface area contributed by atoms with Crippen molar-refractivity contribution in [1.29, 1.82) is 5.26 Å². The number of carbonyl (C=O) groups excluding carboxylic acids is 1. The molecule has 0 aliphatic carbocycles. The summed E-state index contributed by atoms with van der Waals surface area (Å²) < 4.78 is 6.01. The van der Waals surface area contributed by atoms with Crippen molar-refractivity contribution in [1.82, 2.24) is 5.32 Å².